The van der Waals surface area contributed by atoms with Gasteiger partial charge in [0, 0.05) is 18.3 Å². The summed E-state index contributed by atoms with van der Waals surface area (Å²) >= 11 is 1.31. The molecule has 0 aliphatic rings. The molecule has 3 rings (SSSR count). The molecule has 1 aromatic heterocycles. The number of aromatic nitrogens is 3. The molecule has 0 radical (unpaired) electrons. The zero-order valence-corrected chi connectivity index (χ0v) is 18.9. The molecule has 0 unspecified atom stereocenters. The highest BCUT2D eigenvalue weighted by Gasteiger charge is 2.25. The number of nitrogens with zero attached hydrogens (tertiary/aromatic N) is 3. The van der Waals surface area contributed by atoms with Crippen molar-refractivity contribution in [3.8, 4) is 0 Å². The van der Waals surface area contributed by atoms with E-state index in [1.54, 1.807) is 12.1 Å². The van der Waals surface area contributed by atoms with Crippen molar-refractivity contribution in [1.82, 2.24) is 20.1 Å². The van der Waals surface area contributed by atoms with Gasteiger partial charge in [-0.1, -0.05) is 61.5 Å². The number of hydrogen-bond acceptors (Lipinski definition) is 5. The molecular weight excluding hydrogens is 410 g/mol. The van der Waals surface area contributed by atoms with Crippen LogP contribution in [0, 0.1) is 12.8 Å². The molecule has 2 aromatic carbocycles. The van der Waals surface area contributed by atoms with E-state index in [4.69, 9.17) is 0 Å². The highest BCUT2D eigenvalue weighted by atomic mass is 32.2. The van der Waals surface area contributed by atoms with Gasteiger partial charge in [-0.3, -0.25) is 9.59 Å². The summed E-state index contributed by atoms with van der Waals surface area (Å²) < 4.78 is 1.83. The Hall–Kier alpha value is -3.13. The highest BCUT2D eigenvalue weighted by Crippen LogP contribution is 2.24. The molecular formula is C23H27N5O2S. The fourth-order valence-electron chi connectivity index (χ4n) is 3.03. The zero-order chi connectivity index (χ0) is 22.4. The summed E-state index contributed by atoms with van der Waals surface area (Å²) in [6.45, 7) is 6.04. The van der Waals surface area contributed by atoms with E-state index in [0.717, 1.165) is 11.3 Å². The van der Waals surface area contributed by atoms with Crippen LogP contribution in [0.2, 0.25) is 0 Å². The fraction of sp³-hybridized carbons (Fsp3) is 0.304. The number of carbonyl (C=O) groups is 2. The lowest BCUT2D eigenvalue weighted by Crippen LogP contribution is -2.33. The van der Waals surface area contributed by atoms with Crippen LogP contribution in [0.5, 0.6) is 0 Å². The summed E-state index contributed by atoms with van der Waals surface area (Å²) in [6, 6.07) is 16.4. The van der Waals surface area contributed by atoms with Gasteiger partial charge in [-0.05, 0) is 37.1 Å². The van der Waals surface area contributed by atoms with E-state index in [1.165, 1.54) is 11.8 Å². The number of rotatable bonds is 8. The van der Waals surface area contributed by atoms with Gasteiger partial charge in [-0.15, -0.1) is 10.2 Å². The smallest absolute Gasteiger partial charge is 0.251 e. The van der Waals surface area contributed by atoms with Gasteiger partial charge in [0.25, 0.3) is 5.91 Å². The highest BCUT2D eigenvalue weighted by molar-refractivity contribution is 7.99. The van der Waals surface area contributed by atoms with E-state index in [2.05, 4.69) is 20.8 Å². The molecule has 2 amide bonds. The Labute approximate surface area is 186 Å². The van der Waals surface area contributed by atoms with Crippen molar-refractivity contribution in [3.63, 3.8) is 0 Å². The predicted octanol–water partition coefficient (Wildman–Crippen LogP) is 3.98. The molecule has 0 bridgehead atoms. The summed E-state index contributed by atoms with van der Waals surface area (Å²) in [7, 11) is 1.85. The van der Waals surface area contributed by atoms with Crippen molar-refractivity contribution in [2.75, 3.05) is 11.1 Å². The molecule has 1 heterocycles. The molecule has 1 atom stereocenters. The summed E-state index contributed by atoms with van der Waals surface area (Å²) in [5, 5.41) is 15.1. The van der Waals surface area contributed by atoms with Crippen molar-refractivity contribution in [2.24, 2.45) is 13.0 Å². The van der Waals surface area contributed by atoms with Crippen molar-refractivity contribution < 1.29 is 9.59 Å². The Balaban J connectivity index is 1.64. The topological polar surface area (TPSA) is 88.9 Å². The van der Waals surface area contributed by atoms with Gasteiger partial charge >= 0.3 is 0 Å². The van der Waals surface area contributed by atoms with Crippen molar-refractivity contribution >= 4 is 29.3 Å². The minimum absolute atomic E-state index is 0.109. The maximum atomic E-state index is 12.6. The monoisotopic (exact) mass is 437 g/mol. The summed E-state index contributed by atoms with van der Waals surface area (Å²) in [5.41, 5.74) is 2.49. The van der Waals surface area contributed by atoms with Gasteiger partial charge in [0.15, 0.2) is 11.0 Å². The summed E-state index contributed by atoms with van der Waals surface area (Å²) in [4.78, 5) is 24.9. The first kappa shape index (κ1) is 22.6. The number of hydrogen-bond donors (Lipinski definition) is 2. The van der Waals surface area contributed by atoms with E-state index in [9.17, 15) is 9.59 Å². The number of aryl methyl sites for hydroxylation is 1. The fourth-order valence-corrected chi connectivity index (χ4v) is 3.75. The lowest BCUT2D eigenvalue weighted by Gasteiger charge is -2.21. The van der Waals surface area contributed by atoms with Gasteiger partial charge in [-0.25, -0.2) is 0 Å². The normalized spacial score (nSPS) is 11.9. The van der Waals surface area contributed by atoms with Crippen LogP contribution in [-0.4, -0.2) is 32.3 Å². The second-order valence-electron chi connectivity index (χ2n) is 7.66. The third-order valence-corrected chi connectivity index (χ3v) is 5.82. The van der Waals surface area contributed by atoms with Crippen LogP contribution in [-0.2, 0) is 11.8 Å². The molecule has 0 aliphatic carbocycles. The third kappa shape index (κ3) is 5.95. The van der Waals surface area contributed by atoms with Crippen LogP contribution in [0.25, 0.3) is 0 Å². The van der Waals surface area contributed by atoms with Gasteiger partial charge in [0.1, 0.15) is 0 Å². The molecule has 3 aromatic rings. The Bertz CT molecular complexity index is 1030. The van der Waals surface area contributed by atoms with Gasteiger partial charge in [0.2, 0.25) is 5.91 Å². The van der Waals surface area contributed by atoms with Crippen LogP contribution in [0.1, 0.15) is 41.6 Å². The van der Waals surface area contributed by atoms with Crippen LogP contribution >= 0.6 is 11.8 Å². The largest absolute Gasteiger partial charge is 0.342 e. The van der Waals surface area contributed by atoms with E-state index in [1.807, 2.05) is 74.9 Å². The molecule has 8 heteroatoms. The molecule has 0 spiro atoms. The van der Waals surface area contributed by atoms with Crippen LogP contribution in [0.4, 0.5) is 5.69 Å². The van der Waals surface area contributed by atoms with E-state index in [0.29, 0.717) is 16.5 Å². The molecule has 31 heavy (non-hydrogen) atoms. The number of thioether (sulfide) groups is 1. The van der Waals surface area contributed by atoms with Crippen LogP contribution < -0.4 is 10.6 Å². The number of anilines is 1. The molecule has 2 N–H and O–H groups in total. The van der Waals surface area contributed by atoms with E-state index >= 15 is 0 Å². The average molecular weight is 438 g/mol. The average Bonchev–Trinajstić information content (AvgIpc) is 3.12. The Morgan fingerprint density at radius 2 is 1.71 bits per heavy atom. The van der Waals surface area contributed by atoms with Gasteiger partial charge < -0.3 is 15.2 Å². The zero-order valence-electron chi connectivity index (χ0n) is 18.1. The number of carbonyl (C=O) groups excluding carboxylic acids is 2. The number of amides is 2. The van der Waals surface area contributed by atoms with Crippen LogP contribution in [0.3, 0.4) is 0 Å². The third-order valence-electron chi connectivity index (χ3n) is 4.80. The molecule has 0 fully saturated rings. The molecule has 7 nitrogen and oxygen atoms in total. The Morgan fingerprint density at radius 1 is 1.03 bits per heavy atom. The molecule has 0 saturated carbocycles. The van der Waals surface area contributed by atoms with E-state index in [-0.39, 0.29) is 29.5 Å². The summed E-state index contributed by atoms with van der Waals surface area (Å²) in [5.74, 6) is 0.701. The second-order valence-corrected chi connectivity index (χ2v) is 8.61. The minimum Gasteiger partial charge on any atom is -0.342 e. The van der Waals surface area contributed by atoms with Crippen molar-refractivity contribution in [3.05, 3.63) is 71.5 Å². The quantitative estimate of drug-likeness (QED) is 0.521. The maximum Gasteiger partial charge on any atom is 0.251 e. The number of nitrogens with one attached hydrogen (secondary N) is 2. The second kappa shape index (κ2) is 10.3. The Morgan fingerprint density at radius 3 is 2.35 bits per heavy atom. The molecule has 162 valence electrons. The first-order valence-corrected chi connectivity index (χ1v) is 11.1. The number of benzene rings is 2. The standard InChI is InChI=1S/C23H27N5O2S/c1-15(2)20(25-22(30)17-8-6-5-7-9-17)21-26-27-23(28(21)4)31-14-19(29)24-18-12-10-16(3)11-13-18/h5-13,15,20H,14H2,1-4H3,(H,24,29)(H,25,30)/t20-/m0/s1. The lowest BCUT2D eigenvalue weighted by atomic mass is 10.0. The first-order chi connectivity index (χ1) is 14.8. The molecule has 0 aliphatic heterocycles. The van der Waals surface area contributed by atoms with Crippen molar-refractivity contribution in [1.29, 1.82) is 0 Å². The Kier molecular flexibility index (Phi) is 7.46. The molecule has 0 saturated heterocycles. The SMILES string of the molecule is Cc1ccc(NC(=O)CSc2nnc([C@@H](NC(=O)c3ccccc3)C(C)C)n2C)cc1. The lowest BCUT2D eigenvalue weighted by molar-refractivity contribution is -0.113. The maximum absolute atomic E-state index is 12.6. The predicted molar refractivity (Wildman–Crippen MR) is 123 cm³/mol. The minimum atomic E-state index is -0.305. The van der Waals surface area contributed by atoms with E-state index < -0.39 is 0 Å². The summed E-state index contributed by atoms with van der Waals surface area (Å²) in [6.07, 6.45) is 0. The van der Waals surface area contributed by atoms with Gasteiger partial charge in [-0.2, -0.15) is 0 Å². The van der Waals surface area contributed by atoms with Crippen molar-refractivity contribution in [2.45, 2.75) is 32.0 Å². The van der Waals surface area contributed by atoms with Crippen LogP contribution in [0.15, 0.2) is 59.8 Å². The van der Waals surface area contributed by atoms with Gasteiger partial charge in [0.05, 0.1) is 11.8 Å². The first-order valence-electron chi connectivity index (χ1n) is 10.1.